The second-order valence-corrected chi connectivity index (χ2v) is 5.62. The van der Waals surface area contributed by atoms with E-state index in [2.05, 4.69) is 11.8 Å². The van der Waals surface area contributed by atoms with Gasteiger partial charge in [0.25, 0.3) is 0 Å². The van der Waals surface area contributed by atoms with Gasteiger partial charge in [0.1, 0.15) is 11.8 Å². The van der Waals surface area contributed by atoms with Gasteiger partial charge in [-0.15, -0.1) is 11.3 Å². The molecule has 2 amide bonds. The largest absolute Gasteiger partial charge is 0.445 e. The number of primary amides is 1. The maximum atomic E-state index is 10.9. The number of para-hydroxylation sites is 1. The predicted molar refractivity (Wildman–Crippen MR) is 85.4 cm³/mol. The summed E-state index contributed by atoms with van der Waals surface area (Å²) in [5.74, 6) is 6.16. The first-order valence-corrected chi connectivity index (χ1v) is 7.53. The zero-order valence-corrected chi connectivity index (χ0v) is 13.2. The Kier molecular flexibility index (Phi) is 5.28. The Morgan fingerprint density at radius 2 is 2.23 bits per heavy atom. The highest BCUT2D eigenvalue weighted by Crippen LogP contribution is 2.32. The summed E-state index contributed by atoms with van der Waals surface area (Å²) < 4.78 is 5.73. The molecule has 2 aromatic rings. The average molecular weight is 337 g/mol. The summed E-state index contributed by atoms with van der Waals surface area (Å²) >= 11 is 7.23. The molecule has 1 aromatic heterocycles. The van der Waals surface area contributed by atoms with Crippen LogP contribution in [0.15, 0.2) is 35.7 Å². The van der Waals surface area contributed by atoms with Crippen molar-refractivity contribution in [2.45, 2.75) is 13.0 Å². The topological polar surface area (TPSA) is 75.8 Å². The summed E-state index contributed by atoms with van der Waals surface area (Å²) in [6.45, 7) is 1.56. The molecule has 5 nitrogen and oxygen atoms in total. The number of urea groups is 1. The third kappa shape index (κ3) is 4.15. The van der Waals surface area contributed by atoms with Crippen LogP contribution >= 0.6 is 22.9 Å². The van der Waals surface area contributed by atoms with E-state index in [1.165, 1.54) is 11.3 Å². The maximum Gasteiger partial charge on any atom is 0.339 e. The lowest BCUT2D eigenvalue weighted by molar-refractivity contribution is -0.0536. The molecule has 0 radical (unpaired) electrons. The van der Waals surface area contributed by atoms with Gasteiger partial charge in [-0.05, 0) is 19.1 Å². The van der Waals surface area contributed by atoms with Gasteiger partial charge in [0.05, 0.1) is 10.6 Å². The molecule has 1 atom stereocenters. The highest BCUT2D eigenvalue weighted by Gasteiger charge is 2.12. The van der Waals surface area contributed by atoms with Gasteiger partial charge in [0.2, 0.25) is 0 Å². The van der Waals surface area contributed by atoms with E-state index < -0.39 is 12.1 Å². The Bertz CT molecular complexity index is 736. The second kappa shape index (κ2) is 7.18. The molecule has 7 heteroatoms. The fourth-order valence-electron chi connectivity index (χ4n) is 1.55. The molecule has 1 aromatic carbocycles. The van der Waals surface area contributed by atoms with Gasteiger partial charge < -0.3 is 10.5 Å². The van der Waals surface area contributed by atoms with Gasteiger partial charge in [0, 0.05) is 11.4 Å². The lowest BCUT2D eigenvalue weighted by Gasteiger charge is -2.14. The number of hydroxylamine groups is 2. The number of nitrogens with two attached hydrogens (primary N) is 1. The number of nitrogens with zero attached hydrogens (tertiary/aromatic N) is 1. The first-order chi connectivity index (χ1) is 10.5. The van der Waals surface area contributed by atoms with Crippen molar-refractivity contribution >= 4 is 29.0 Å². The molecule has 0 bridgehead atoms. The SMILES string of the molecule is CC(C#Cc1ccccc1Oc1cc(Cl)cs1)N(O)C(N)=O. The fraction of sp³-hybridized carbons (Fsp3) is 0.133. The van der Waals surface area contributed by atoms with Crippen LogP contribution in [-0.2, 0) is 0 Å². The van der Waals surface area contributed by atoms with Crippen LogP contribution in [0.1, 0.15) is 12.5 Å². The number of benzene rings is 1. The molecule has 0 spiro atoms. The summed E-state index contributed by atoms with van der Waals surface area (Å²) in [5.41, 5.74) is 5.60. The number of rotatable bonds is 3. The van der Waals surface area contributed by atoms with Crippen molar-refractivity contribution in [3.63, 3.8) is 0 Å². The highest BCUT2D eigenvalue weighted by molar-refractivity contribution is 7.12. The van der Waals surface area contributed by atoms with Crippen LogP contribution in [0.4, 0.5) is 4.79 Å². The molecule has 0 aliphatic carbocycles. The zero-order valence-electron chi connectivity index (χ0n) is 11.6. The van der Waals surface area contributed by atoms with E-state index in [4.69, 9.17) is 22.1 Å². The number of ether oxygens (including phenoxy) is 1. The molecule has 0 saturated heterocycles. The van der Waals surface area contributed by atoms with Gasteiger partial charge in [0.15, 0.2) is 5.06 Å². The van der Waals surface area contributed by atoms with E-state index >= 15 is 0 Å². The number of amides is 2. The fourth-order valence-corrected chi connectivity index (χ4v) is 2.48. The third-order valence-corrected chi connectivity index (χ3v) is 3.80. The minimum Gasteiger partial charge on any atom is -0.445 e. The smallest absolute Gasteiger partial charge is 0.339 e. The molecule has 0 aliphatic heterocycles. The highest BCUT2D eigenvalue weighted by atomic mass is 35.5. The van der Waals surface area contributed by atoms with E-state index in [1.54, 1.807) is 30.5 Å². The number of carbonyl (C=O) groups is 1. The summed E-state index contributed by atoms with van der Waals surface area (Å²) in [6.07, 6.45) is 0. The van der Waals surface area contributed by atoms with Gasteiger partial charge in [-0.1, -0.05) is 35.6 Å². The summed E-state index contributed by atoms with van der Waals surface area (Å²) in [6, 6.07) is 7.20. The van der Waals surface area contributed by atoms with E-state index in [0.717, 1.165) is 0 Å². The first-order valence-electron chi connectivity index (χ1n) is 6.27. The quantitative estimate of drug-likeness (QED) is 0.509. The van der Waals surface area contributed by atoms with Crippen molar-refractivity contribution in [1.29, 1.82) is 0 Å². The minimum absolute atomic E-state index is 0.371. The van der Waals surface area contributed by atoms with Crippen molar-refractivity contribution in [2.24, 2.45) is 5.73 Å². The maximum absolute atomic E-state index is 10.9. The number of hydrogen-bond donors (Lipinski definition) is 2. The summed E-state index contributed by atoms with van der Waals surface area (Å²) in [4.78, 5) is 10.9. The van der Waals surface area contributed by atoms with Gasteiger partial charge in [-0.2, -0.15) is 5.06 Å². The average Bonchev–Trinajstić information content (AvgIpc) is 2.90. The molecule has 1 heterocycles. The lowest BCUT2D eigenvalue weighted by Crippen LogP contribution is -2.38. The van der Waals surface area contributed by atoms with Crippen molar-refractivity contribution in [1.82, 2.24) is 5.06 Å². The molecular formula is C15H13ClN2O3S. The van der Waals surface area contributed by atoms with Crippen molar-refractivity contribution in [3.05, 3.63) is 46.3 Å². The van der Waals surface area contributed by atoms with Gasteiger partial charge in [-0.25, -0.2) is 4.79 Å². The van der Waals surface area contributed by atoms with Crippen LogP contribution in [0.3, 0.4) is 0 Å². The van der Waals surface area contributed by atoms with Crippen LogP contribution in [0, 0.1) is 11.8 Å². The van der Waals surface area contributed by atoms with Crippen molar-refractivity contribution in [3.8, 4) is 22.7 Å². The Balaban J connectivity index is 2.20. The Labute approximate surface area is 136 Å². The molecule has 0 fully saturated rings. The van der Waals surface area contributed by atoms with Gasteiger partial charge >= 0.3 is 6.03 Å². The molecule has 1 unspecified atom stereocenters. The van der Waals surface area contributed by atoms with E-state index in [0.29, 0.717) is 26.5 Å². The van der Waals surface area contributed by atoms with E-state index in [9.17, 15) is 10.0 Å². The second-order valence-electron chi connectivity index (χ2n) is 4.31. The van der Waals surface area contributed by atoms with Crippen LogP contribution in [-0.4, -0.2) is 22.3 Å². The number of thiophene rings is 1. The summed E-state index contributed by atoms with van der Waals surface area (Å²) in [7, 11) is 0. The van der Waals surface area contributed by atoms with Crippen LogP contribution < -0.4 is 10.5 Å². The Hall–Kier alpha value is -2.20. The molecular weight excluding hydrogens is 324 g/mol. The number of hydrogen-bond acceptors (Lipinski definition) is 4. The standard InChI is InChI=1S/C15H13ClN2O3S/c1-10(18(20)15(17)19)6-7-11-4-2-3-5-13(11)21-14-8-12(16)9-22-14/h2-5,8-10,20H,1H3,(H2,17,19). The third-order valence-electron chi connectivity index (χ3n) is 2.65. The lowest BCUT2D eigenvalue weighted by atomic mass is 10.2. The molecule has 0 aliphatic rings. The Morgan fingerprint density at radius 1 is 1.50 bits per heavy atom. The molecule has 0 saturated carbocycles. The van der Waals surface area contributed by atoms with Crippen molar-refractivity contribution < 1.29 is 14.7 Å². The van der Waals surface area contributed by atoms with Crippen LogP contribution in [0.5, 0.6) is 10.8 Å². The monoisotopic (exact) mass is 336 g/mol. The van der Waals surface area contributed by atoms with E-state index in [1.807, 2.05) is 12.1 Å². The Morgan fingerprint density at radius 3 is 2.86 bits per heavy atom. The van der Waals surface area contributed by atoms with E-state index in [-0.39, 0.29) is 0 Å². The van der Waals surface area contributed by atoms with Crippen LogP contribution in [0.2, 0.25) is 5.02 Å². The number of halogens is 1. The molecule has 3 N–H and O–H groups in total. The molecule has 22 heavy (non-hydrogen) atoms. The first kappa shape index (κ1) is 16.2. The van der Waals surface area contributed by atoms with Crippen LogP contribution in [0.25, 0.3) is 0 Å². The molecule has 2 rings (SSSR count). The van der Waals surface area contributed by atoms with Gasteiger partial charge in [-0.3, -0.25) is 5.21 Å². The molecule has 114 valence electrons. The number of carbonyl (C=O) groups excluding carboxylic acids is 1. The predicted octanol–water partition coefficient (Wildman–Crippen LogP) is 3.70. The normalized spacial score (nSPS) is 11.2. The summed E-state index contributed by atoms with van der Waals surface area (Å²) in [5, 5.41) is 12.8. The minimum atomic E-state index is -0.959. The van der Waals surface area contributed by atoms with Crippen molar-refractivity contribution in [2.75, 3.05) is 0 Å². The zero-order chi connectivity index (χ0) is 16.1.